The Labute approximate surface area is 215 Å². The molecule has 3 heterocycles. The van der Waals surface area contributed by atoms with Crippen molar-refractivity contribution >= 4 is 28.4 Å². The Morgan fingerprint density at radius 3 is 2.61 bits per heavy atom. The van der Waals surface area contributed by atoms with Gasteiger partial charge >= 0.3 is 5.97 Å². The van der Waals surface area contributed by atoms with Gasteiger partial charge in [-0.2, -0.15) is 5.10 Å². The van der Waals surface area contributed by atoms with Crippen LogP contribution in [0.1, 0.15) is 25.7 Å². The quantitative estimate of drug-likeness (QED) is 0.285. The van der Waals surface area contributed by atoms with Crippen LogP contribution in [0.3, 0.4) is 0 Å². The van der Waals surface area contributed by atoms with E-state index in [1.807, 2.05) is 0 Å². The van der Waals surface area contributed by atoms with Crippen molar-refractivity contribution in [2.24, 2.45) is 24.8 Å². The smallest absolute Gasteiger partial charge is 0.308 e. The molecule has 0 radical (unpaired) electrons. The molecule has 2 atom stereocenters. The van der Waals surface area contributed by atoms with Gasteiger partial charge in [-0.3, -0.25) is 9.48 Å². The summed E-state index contributed by atoms with van der Waals surface area (Å²) in [6.07, 6.45) is 7.65. The fourth-order valence-electron chi connectivity index (χ4n) is 6.28. The van der Waals surface area contributed by atoms with Crippen LogP contribution in [0.2, 0.25) is 0 Å². The van der Waals surface area contributed by atoms with Gasteiger partial charge in [-0.1, -0.05) is 0 Å². The number of carbonyl (C=O) groups is 1. The Hall–Kier alpha value is -4.33. The first-order valence-corrected chi connectivity index (χ1v) is 12.3. The van der Waals surface area contributed by atoms with Crippen molar-refractivity contribution in [2.75, 3.05) is 5.32 Å². The van der Waals surface area contributed by atoms with Gasteiger partial charge in [0, 0.05) is 53.6 Å². The molecule has 38 heavy (non-hydrogen) atoms. The molecule has 11 heteroatoms. The summed E-state index contributed by atoms with van der Waals surface area (Å²) in [5.41, 5.74) is 0.368. The molecule has 3 saturated carbocycles. The Balaban J connectivity index is 1.58. The van der Waals surface area contributed by atoms with Crippen molar-refractivity contribution in [2.45, 2.75) is 31.7 Å². The molecule has 3 aliphatic carbocycles. The molecule has 8 nitrogen and oxygen atoms in total. The van der Waals surface area contributed by atoms with Crippen LogP contribution in [-0.4, -0.2) is 36.9 Å². The number of aryl methyl sites for hydroxylation is 1. The topological polar surface area (TPSA) is 100 Å². The lowest BCUT2D eigenvalue weighted by molar-refractivity contribution is -0.148. The van der Waals surface area contributed by atoms with Crippen LogP contribution in [0.5, 0.6) is 0 Å². The number of halogens is 3. The third-order valence-electron chi connectivity index (χ3n) is 7.99. The molecule has 0 aliphatic heterocycles. The number of nitrogens with zero attached hydrogens (tertiary/aromatic N) is 4. The first-order valence-electron chi connectivity index (χ1n) is 12.3. The predicted molar refractivity (Wildman–Crippen MR) is 134 cm³/mol. The number of aliphatic carboxylic acids is 1. The molecular weight excluding hydrogens is 497 g/mol. The van der Waals surface area contributed by atoms with E-state index in [9.17, 15) is 18.7 Å². The van der Waals surface area contributed by atoms with Gasteiger partial charge in [0.15, 0.2) is 11.6 Å². The average Bonchev–Trinajstić information content (AvgIpc) is 3.51. The van der Waals surface area contributed by atoms with Gasteiger partial charge in [0.2, 0.25) is 5.69 Å². The van der Waals surface area contributed by atoms with E-state index >= 15 is 4.39 Å². The summed E-state index contributed by atoms with van der Waals surface area (Å²) in [7, 11) is 1.65. The zero-order valence-corrected chi connectivity index (χ0v) is 20.3. The molecule has 3 N–H and O–H groups in total. The number of hydrogen-bond donors (Lipinski definition) is 3. The van der Waals surface area contributed by atoms with Crippen LogP contribution < -0.4 is 5.32 Å². The van der Waals surface area contributed by atoms with Crippen molar-refractivity contribution in [3.8, 4) is 22.4 Å². The Bertz CT molecular complexity index is 1630. The number of aromatic nitrogens is 4. The van der Waals surface area contributed by atoms with Crippen molar-refractivity contribution in [1.29, 1.82) is 0 Å². The molecule has 0 saturated heterocycles. The Morgan fingerprint density at radius 2 is 1.95 bits per heavy atom. The molecule has 2 unspecified atom stereocenters. The second kappa shape index (κ2) is 8.90. The standard InChI is InChI=1S/C27H23F3N6O2/c1-31-25-19(14-9-33-36(2)11-14)21(30)26(34-22-13-5-3-12(4-6-13)20(22)27(37)38)35-24(25)17-10-32-23-16(17)7-15(28)8-18(23)29/h7-13,20,22,32H,3-6H2,2H3,(H,34,35)(H,37,38). The highest BCUT2D eigenvalue weighted by atomic mass is 19.1. The molecule has 3 aliphatic rings. The van der Waals surface area contributed by atoms with Crippen LogP contribution in [0.25, 0.3) is 38.1 Å². The number of hydrogen-bond acceptors (Lipinski definition) is 4. The Morgan fingerprint density at radius 1 is 1.21 bits per heavy atom. The lowest BCUT2D eigenvalue weighted by Crippen LogP contribution is -2.51. The fraction of sp³-hybridized carbons (Fsp3) is 0.333. The number of carboxylic acid groups (broad SMARTS) is 1. The van der Waals surface area contributed by atoms with E-state index < -0.39 is 35.4 Å². The van der Waals surface area contributed by atoms with Crippen molar-refractivity contribution in [3.63, 3.8) is 0 Å². The van der Waals surface area contributed by atoms with Gasteiger partial charge in [0.05, 0.1) is 29.9 Å². The largest absolute Gasteiger partial charge is 0.481 e. The minimum atomic E-state index is -0.939. The van der Waals surface area contributed by atoms with Gasteiger partial charge in [-0.05, 0) is 43.6 Å². The predicted octanol–water partition coefficient (Wildman–Crippen LogP) is 5.90. The molecule has 0 amide bonds. The van der Waals surface area contributed by atoms with Gasteiger partial charge < -0.3 is 15.4 Å². The van der Waals surface area contributed by atoms with E-state index in [0.29, 0.717) is 5.56 Å². The summed E-state index contributed by atoms with van der Waals surface area (Å²) in [6, 6.07) is 1.32. The summed E-state index contributed by atoms with van der Waals surface area (Å²) in [5, 5.41) is 17.3. The zero-order valence-electron chi connectivity index (χ0n) is 20.3. The van der Waals surface area contributed by atoms with Crippen LogP contribution in [-0.2, 0) is 11.8 Å². The molecule has 3 aromatic heterocycles. The van der Waals surface area contributed by atoms with Crippen LogP contribution in [0.15, 0.2) is 30.7 Å². The van der Waals surface area contributed by atoms with Crippen LogP contribution >= 0.6 is 0 Å². The molecule has 194 valence electrons. The van der Waals surface area contributed by atoms with Gasteiger partial charge in [-0.15, -0.1) is 0 Å². The average molecular weight is 521 g/mol. The van der Waals surface area contributed by atoms with E-state index in [-0.39, 0.29) is 51.1 Å². The number of rotatable bonds is 5. The van der Waals surface area contributed by atoms with E-state index in [1.165, 1.54) is 17.1 Å². The summed E-state index contributed by atoms with van der Waals surface area (Å²) in [4.78, 5) is 23.0. The van der Waals surface area contributed by atoms with E-state index in [4.69, 9.17) is 6.57 Å². The summed E-state index contributed by atoms with van der Waals surface area (Å²) < 4.78 is 46.3. The third-order valence-corrected chi connectivity index (χ3v) is 7.99. The monoisotopic (exact) mass is 520 g/mol. The van der Waals surface area contributed by atoms with Crippen molar-refractivity contribution in [1.82, 2.24) is 19.7 Å². The molecule has 7 rings (SSSR count). The highest BCUT2D eigenvalue weighted by molar-refractivity contribution is 6.01. The van der Waals surface area contributed by atoms with E-state index in [1.54, 1.807) is 13.2 Å². The second-order valence-electron chi connectivity index (χ2n) is 10.1. The fourth-order valence-corrected chi connectivity index (χ4v) is 6.28. The normalized spacial score (nSPS) is 22.5. The van der Waals surface area contributed by atoms with Crippen LogP contribution in [0, 0.1) is 41.8 Å². The highest BCUT2D eigenvalue weighted by Crippen LogP contribution is 2.48. The van der Waals surface area contributed by atoms with E-state index in [0.717, 1.165) is 37.8 Å². The summed E-state index contributed by atoms with van der Waals surface area (Å²) in [5.74, 6) is -4.27. The number of nitrogens with one attached hydrogen (secondary N) is 2. The van der Waals surface area contributed by atoms with Crippen molar-refractivity contribution < 1.29 is 23.1 Å². The van der Waals surface area contributed by atoms with Gasteiger partial charge in [0.1, 0.15) is 11.6 Å². The van der Waals surface area contributed by atoms with Gasteiger partial charge in [-0.25, -0.2) is 23.0 Å². The van der Waals surface area contributed by atoms with Crippen LogP contribution in [0.4, 0.5) is 24.7 Å². The summed E-state index contributed by atoms with van der Waals surface area (Å²) in [6.45, 7) is 7.89. The highest BCUT2D eigenvalue weighted by Gasteiger charge is 2.47. The third kappa shape index (κ3) is 3.70. The maximum Gasteiger partial charge on any atom is 0.308 e. The molecule has 2 bridgehead atoms. The molecule has 4 aromatic rings. The number of benzene rings is 1. The lowest BCUT2D eigenvalue weighted by atomic mass is 9.61. The number of H-pyrrole nitrogens is 1. The second-order valence-corrected chi connectivity index (χ2v) is 10.1. The first-order chi connectivity index (χ1) is 18.3. The minimum Gasteiger partial charge on any atom is -0.481 e. The maximum atomic E-state index is 16.2. The number of anilines is 1. The zero-order chi connectivity index (χ0) is 26.7. The number of aromatic amines is 1. The molecular formula is C27H23F3N6O2. The minimum absolute atomic E-state index is 0.0163. The van der Waals surface area contributed by atoms with E-state index in [2.05, 4.69) is 25.2 Å². The molecule has 0 spiro atoms. The lowest BCUT2D eigenvalue weighted by Gasteiger charge is -2.47. The SMILES string of the molecule is [C-]#[N+]c1c(-c2c[nH]c3c(F)cc(F)cc23)nc(NC2C3CCC(CC3)C2C(=O)O)c(F)c1-c1cnn(C)c1. The van der Waals surface area contributed by atoms with Gasteiger partial charge in [0.25, 0.3) is 0 Å². The number of fused-ring (bicyclic) bond motifs is 4. The molecule has 1 aromatic carbocycles. The Kier molecular flexibility index (Phi) is 5.63. The number of carboxylic acids is 1. The maximum absolute atomic E-state index is 16.2. The summed E-state index contributed by atoms with van der Waals surface area (Å²) >= 11 is 0. The molecule has 3 fully saturated rings. The van der Waals surface area contributed by atoms with Crippen molar-refractivity contribution in [3.05, 3.63) is 59.6 Å². The number of pyridine rings is 1. The first kappa shape index (κ1) is 24.0.